The van der Waals surface area contributed by atoms with Gasteiger partial charge in [-0.3, -0.25) is 4.98 Å². The van der Waals surface area contributed by atoms with Crippen molar-refractivity contribution in [3.05, 3.63) is 10.5 Å². The minimum Gasteiger partial charge on any atom is -0.368 e. The lowest BCUT2D eigenvalue weighted by Gasteiger charge is -1.91. The van der Waals surface area contributed by atoms with Crippen molar-refractivity contribution in [2.45, 2.75) is 0 Å². The van der Waals surface area contributed by atoms with Crippen LogP contribution in [-0.4, -0.2) is 22.5 Å². The fourth-order valence-electron chi connectivity index (χ4n) is 0.470. The van der Waals surface area contributed by atoms with Gasteiger partial charge in [0, 0.05) is 0 Å². The zero-order chi connectivity index (χ0) is 7.56. The first kappa shape index (κ1) is 6.72. The number of rotatable bonds is 1. The molecule has 0 unspecified atom stereocenters. The number of aromatic amines is 1. The summed E-state index contributed by atoms with van der Waals surface area (Å²) in [4.78, 5) is 18.9. The third kappa shape index (κ3) is 1.31. The summed E-state index contributed by atoms with van der Waals surface area (Å²) in [5.41, 5.74) is 4.07. The van der Waals surface area contributed by atoms with E-state index in [4.69, 9.17) is 5.73 Å². The van der Waals surface area contributed by atoms with Gasteiger partial charge in [-0.1, -0.05) is 0 Å². The van der Waals surface area contributed by atoms with Crippen LogP contribution in [0.3, 0.4) is 0 Å². The molecule has 3 N–H and O–H groups in total. The van der Waals surface area contributed by atoms with Crippen molar-refractivity contribution in [1.29, 1.82) is 0 Å². The Kier molecular flexibility index (Phi) is 1.66. The molecule has 0 amide bonds. The number of aromatic nitrogens is 3. The maximum Gasteiger partial charge on any atom is 0.434 e. The molecule has 1 rings (SSSR count). The smallest absolute Gasteiger partial charge is 0.368 e. The van der Waals surface area contributed by atoms with Crippen LogP contribution in [0, 0.1) is 0 Å². The quantitative estimate of drug-likeness (QED) is 0.441. The molecule has 7 heteroatoms. The molecule has 1 aromatic rings. The summed E-state index contributed by atoms with van der Waals surface area (Å²) < 4.78 is 11.6. The molecular weight excluding hydrogens is 138 g/mol. The van der Waals surface area contributed by atoms with Crippen molar-refractivity contribution in [2.75, 3.05) is 5.73 Å². The Labute approximate surface area is 55.8 Å². The molecular formula is C3H3BFN4O. The zero-order valence-electron chi connectivity index (χ0n) is 4.84. The monoisotopic (exact) mass is 141 g/mol. The summed E-state index contributed by atoms with van der Waals surface area (Å²) in [5, 5.41) is 0. The van der Waals surface area contributed by atoms with E-state index in [2.05, 4.69) is 9.97 Å². The van der Waals surface area contributed by atoms with Gasteiger partial charge in [0.2, 0.25) is 5.95 Å². The van der Waals surface area contributed by atoms with Crippen molar-refractivity contribution >= 4 is 19.2 Å². The number of nitrogen functional groups attached to an aromatic ring is 1. The fourth-order valence-corrected chi connectivity index (χ4v) is 0.470. The summed E-state index contributed by atoms with van der Waals surface area (Å²) in [6, 6.07) is 0. The Morgan fingerprint density at radius 2 is 2.30 bits per heavy atom. The highest BCUT2D eigenvalue weighted by Gasteiger charge is 1.99. The van der Waals surface area contributed by atoms with Crippen molar-refractivity contribution < 1.29 is 4.32 Å². The van der Waals surface area contributed by atoms with Gasteiger partial charge in [0.25, 0.3) is 0 Å². The SMILES string of the molecule is Nc1nc([B]F)[nH]c(=O)n1. The molecule has 0 aliphatic carbocycles. The van der Waals surface area contributed by atoms with E-state index in [1.165, 1.54) is 0 Å². The van der Waals surface area contributed by atoms with Crippen molar-refractivity contribution in [1.82, 2.24) is 15.0 Å². The lowest BCUT2D eigenvalue weighted by Crippen LogP contribution is -2.30. The highest BCUT2D eigenvalue weighted by atomic mass is 19.1. The van der Waals surface area contributed by atoms with Crippen LogP contribution in [0.1, 0.15) is 0 Å². The van der Waals surface area contributed by atoms with Crippen LogP contribution < -0.4 is 17.1 Å². The van der Waals surface area contributed by atoms with E-state index in [0.29, 0.717) is 0 Å². The first-order chi connectivity index (χ1) is 4.72. The number of halogens is 1. The summed E-state index contributed by atoms with van der Waals surface area (Å²) in [6.45, 7) is 0. The van der Waals surface area contributed by atoms with Crippen LogP contribution >= 0.6 is 0 Å². The average molecular weight is 141 g/mol. The largest absolute Gasteiger partial charge is 0.434 e. The Hall–Kier alpha value is -1.40. The number of nitrogens with one attached hydrogen (secondary N) is 1. The van der Waals surface area contributed by atoms with E-state index >= 15 is 0 Å². The van der Waals surface area contributed by atoms with Gasteiger partial charge in [0.15, 0.2) is 0 Å². The average Bonchev–Trinajstić information content (AvgIpc) is 1.85. The molecule has 0 aromatic carbocycles. The summed E-state index contributed by atoms with van der Waals surface area (Å²) in [7, 11) is 0.138. The Bertz CT molecular complexity index is 286. The zero-order valence-corrected chi connectivity index (χ0v) is 4.84. The van der Waals surface area contributed by atoms with Crippen molar-refractivity contribution in [3.63, 3.8) is 0 Å². The van der Waals surface area contributed by atoms with Crippen LogP contribution in [0.5, 0.6) is 0 Å². The predicted molar refractivity (Wildman–Crippen MR) is 33.6 cm³/mol. The molecule has 0 aliphatic heterocycles. The van der Waals surface area contributed by atoms with Crippen LogP contribution in [0.25, 0.3) is 0 Å². The van der Waals surface area contributed by atoms with Crippen LogP contribution in [0.2, 0.25) is 0 Å². The number of anilines is 1. The Balaban J connectivity index is 3.19. The molecule has 0 spiro atoms. The predicted octanol–water partition coefficient (Wildman–Crippen LogP) is -2.04. The highest BCUT2D eigenvalue weighted by molar-refractivity contribution is 6.43. The van der Waals surface area contributed by atoms with Gasteiger partial charge < -0.3 is 10.0 Å². The van der Waals surface area contributed by atoms with E-state index in [9.17, 15) is 9.11 Å². The number of hydrogen-bond donors (Lipinski definition) is 2. The Morgan fingerprint density at radius 3 is 2.80 bits per heavy atom. The second kappa shape index (κ2) is 2.46. The first-order valence-corrected chi connectivity index (χ1v) is 2.39. The standard InChI is InChI=1S/C3H3BFN4O/c5-4-1-7-2(6)9-3(10)8-1/h(H3,6,7,8,9,10). The number of nitrogens with two attached hydrogens (primary N) is 1. The molecule has 0 bridgehead atoms. The lowest BCUT2D eigenvalue weighted by molar-refractivity contribution is 0.872. The van der Waals surface area contributed by atoms with Gasteiger partial charge in [-0.2, -0.15) is 4.98 Å². The number of H-pyrrole nitrogens is 1. The molecule has 0 atom stereocenters. The van der Waals surface area contributed by atoms with E-state index in [1.807, 2.05) is 4.98 Å². The molecule has 1 aromatic heterocycles. The number of nitrogens with zero attached hydrogens (tertiary/aromatic N) is 2. The topological polar surface area (TPSA) is 84.7 Å². The lowest BCUT2D eigenvalue weighted by atomic mass is 10.1. The molecule has 0 aliphatic rings. The molecule has 51 valence electrons. The van der Waals surface area contributed by atoms with Crippen LogP contribution in [-0.2, 0) is 0 Å². The second-order valence-electron chi connectivity index (χ2n) is 1.51. The molecule has 5 nitrogen and oxygen atoms in total. The third-order valence-electron chi connectivity index (χ3n) is 0.789. The van der Waals surface area contributed by atoms with E-state index in [1.54, 1.807) is 0 Å². The molecule has 0 saturated heterocycles. The summed E-state index contributed by atoms with van der Waals surface area (Å²) >= 11 is 0. The second-order valence-corrected chi connectivity index (χ2v) is 1.51. The minimum atomic E-state index is -0.712. The third-order valence-corrected chi connectivity index (χ3v) is 0.789. The Morgan fingerprint density at radius 1 is 1.60 bits per heavy atom. The van der Waals surface area contributed by atoms with Gasteiger partial charge >= 0.3 is 13.2 Å². The van der Waals surface area contributed by atoms with Crippen molar-refractivity contribution in [2.24, 2.45) is 0 Å². The molecule has 1 radical (unpaired) electrons. The molecule has 1 heterocycles. The fraction of sp³-hybridized carbons (Fsp3) is 0. The maximum atomic E-state index is 11.6. The van der Waals surface area contributed by atoms with E-state index in [-0.39, 0.29) is 19.2 Å². The first-order valence-electron chi connectivity index (χ1n) is 2.39. The van der Waals surface area contributed by atoms with Crippen LogP contribution in [0.4, 0.5) is 10.3 Å². The van der Waals surface area contributed by atoms with Gasteiger partial charge in [0.1, 0.15) is 5.72 Å². The van der Waals surface area contributed by atoms with Gasteiger partial charge in [-0.15, -0.1) is 0 Å². The normalized spacial score (nSPS) is 9.30. The van der Waals surface area contributed by atoms with E-state index < -0.39 is 5.69 Å². The molecule has 0 fully saturated rings. The van der Waals surface area contributed by atoms with Crippen molar-refractivity contribution in [3.8, 4) is 0 Å². The number of hydrogen-bond acceptors (Lipinski definition) is 4. The van der Waals surface area contributed by atoms with Gasteiger partial charge in [0.05, 0.1) is 0 Å². The van der Waals surface area contributed by atoms with Gasteiger partial charge in [-0.05, 0) is 0 Å². The molecule has 10 heavy (non-hydrogen) atoms. The summed E-state index contributed by atoms with van der Waals surface area (Å²) in [5.74, 6) is -0.243. The van der Waals surface area contributed by atoms with Gasteiger partial charge in [-0.25, -0.2) is 9.78 Å². The summed E-state index contributed by atoms with van der Waals surface area (Å²) in [6.07, 6.45) is 0. The van der Waals surface area contributed by atoms with E-state index in [0.717, 1.165) is 0 Å². The molecule has 0 saturated carbocycles. The highest BCUT2D eigenvalue weighted by Crippen LogP contribution is 1.73. The maximum absolute atomic E-state index is 11.6. The van der Waals surface area contributed by atoms with Crippen LogP contribution in [0.15, 0.2) is 4.79 Å². The minimum absolute atomic E-state index is 0.138.